The van der Waals surface area contributed by atoms with E-state index in [1.165, 1.54) is 0 Å². The molecular weight excluding hydrogens is 370 g/mol. The van der Waals surface area contributed by atoms with Crippen LogP contribution in [0.15, 0.2) is 24.3 Å². The molecule has 1 aromatic rings. The topological polar surface area (TPSA) is 52.7 Å². The molecule has 0 bridgehead atoms. The van der Waals surface area contributed by atoms with Crippen LogP contribution in [0.3, 0.4) is 0 Å². The third-order valence-electron chi connectivity index (χ3n) is 6.42. The van der Waals surface area contributed by atoms with Gasteiger partial charge in [0.2, 0.25) is 0 Å². The standard InChI is InChI=1S/C23H35NO5/c1-6-22(5)16-23(27-11-12-28-23)15-21(3,4)24(22)29-17(2)18-7-9-19(10-8-18)25-13-20-14-26-20/h7-10,17,20H,6,11-16H2,1-5H3. The van der Waals surface area contributed by atoms with E-state index in [9.17, 15) is 0 Å². The van der Waals surface area contributed by atoms with Gasteiger partial charge in [-0.05, 0) is 51.8 Å². The van der Waals surface area contributed by atoms with Gasteiger partial charge < -0.3 is 18.9 Å². The second kappa shape index (κ2) is 7.82. The van der Waals surface area contributed by atoms with Crippen molar-refractivity contribution in [2.45, 2.75) is 83.0 Å². The fourth-order valence-electron chi connectivity index (χ4n) is 4.82. The smallest absolute Gasteiger partial charge is 0.172 e. The van der Waals surface area contributed by atoms with Gasteiger partial charge in [-0.25, -0.2) is 0 Å². The first-order valence-corrected chi connectivity index (χ1v) is 10.8. The molecule has 6 nitrogen and oxygen atoms in total. The van der Waals surface area contributed by atoms with Crippen LogP contribution in [-0.4, -0.2) is 54.5 Å². The number of epoxide rings is 1. The van der Waals surface area contributed by atoms with E-state index in [1.807, 2.05) is 12.1 Å². The highest BCUT2D eigenvalue weighted by Crippen LogP contribution is 2.49. The van der Waals surface area contributed by atoms with Crippen molar-refractivity contribution in [2.24, 2.45) is 0 Å². The van der Waals surface area contributed by atoms with E-state index in [-0.39, 0.29) is 23.3 Å². The number of ether oxygens (including phenoxy) is 4. The number of hydroxylamine groups is 2. The SMILES string of the molecule is CCC1(C)CC2(CC(C)(C)N1OC(C)c1ccc(OCC3CO3)cc1)OCCO2. The molecule has 3 atom stereocenters. The van der Waals surface area contributed by atoms with Crippen LogP contribution < -0.4 is 4.74 Å². The molecule has 6 heteroatoms. The Kier molecular flexibility index (Phi) is 5.68. The highest BCUT2D eigenvalue weighted by Gasteiger charge is 2.57. The highest BCUT2D eigenvalue weighted by atomic mass is 16.7. The lowest BCUT2D eigenvalue weighted by atomic mass is 9.76. The van der Waals surface area contributed by atoms with Crippen molar-refractivity contribution in [3.63, 3.8) is 0 Å². The van der Waals surface area contributed by atoms with Crippen LogP contribution in [0.5, 0.6) is 5.75 Å². The number of rotatable bonds is 7. The van der Waals surface area contributed by atoms with Crippen LogP contribution in [0.25, 0.3) is 0 Å². The summed E-state index contributed by atoms with van der Waals surface area (Å²) in [7, 11) is 0. The maximum atomic E-state index is 6.61. The van der Waals surface area contributed by atoms with Crippen molar-refractivity contribution in [3.05, 3.63) is 29.8 Å². The fourth-order valence-corrected chi connectivity index (χ4v) is 4.82. The van der Waals surface area contributed by atoms with Gasteiger partial charge in [0.05, 0.1) is 19.8 Å². The predicted molar refractivity (Wildman–Crippen MR) is 110 cm³/mol. The van der Waals surface area contributed by atoms with Gasteiger partial charge in [-0.3, -0.25) is 4.84 Å². The van der Waals surface area contributed by atoms with E-state index in [1.54, 1.807) is 0 Å². The molecule has 3 aliphatic heterocycles. The Morgan fingerprint density at radius 1 is 1.10 bits per heavy atom. The minimum Gasteiger partial charge on any atom is -0.491 e. The maximum Gasteiger partial charge on any atom is 0.172 e. The van der Waals surface area contributed by atoms with Gasteiger partial charge in [-0.1, -0.05) is 19.1 Å². The molecule has 1 spiro atoms. The Labute approximate surface area is 174 Å². The average molecular weight is 406 g/mol. The van der Waals surface area contributed by atoms with E-state index in [4.69, 9.17) is 23.8 Å². The Balaban J connectivity index is 1.46. The number of hydrogen-bond donors (Lipinski definition) is 0. The maximum absolute atomic E-state index is 6.61. The summed E-state index contributed by atoms with van der Waals surface area (Å²) in [6.45, 7) is 13.8. The molecular formula is C23H35NO5. The van der Waals surface area contributed by atoms with Gasteiger partial charge in [0, 0.05) is 23.9 Å². The van der Waals surface area contributed by atoms with Crippen molar-refractivity contribution >= 4 is 0 Å². The van der Waals surface area contributed by atoms with Gasteiger partial charge in [0.25, 0.3) is 0 Å². The zero-order chi connectivity index (χ0) is 20.7. The molecule has 4 rings (SSSR count). The monoisotopic (exact) mass is 405 g/mol. The molecule has 3 saturated heterocycles. The molecule has 3 fully saturated rings. The van der Waals surface area contributed by atoms with Gasteiger partial charge in [-0.15, -0.1) is 0 Å². The molecule has 0 aromatic heterocycles. The summed E-state index contributed by atoms with van der Waals surface area (Å²) in [5.41, 5.74) is 0.741. The summed E-state index contributed by atoms with van der Waals surface area (Å²) in [5.74, 6) is 0.382. The first-order chi connectivity index (χ1) is 13.8. The van der Waals surface area contributed by atoms with Gasteiger partial charge >= 0.3 is 0 Å². The summed E-state index contributed by atoms with van der Waals surface area (Å²) >= 11 is 0. The molecule has 0 amide bonds. The van der Waals surface area contributed by atoms with E-state index >= 15 is 0 Å². The summed E-state index contributed by atoms with van der Waals surface area (Å²) in [4.78, 5) is 6.61. The average Bonchev–Trinajstić information content (AvgIpc) is 3.42. The quantitative estimate of drug-likeness (QED) is 0.633. The lowest BCUT2D eigenvalue weighted by Gasteiger charge is -2.57. The van der Waals surface area contributed by atoms with Crippen LogP contribution in [0.4, 0.5) is 0 Å². The van der Waals surface area contributed by atoms with Crippen molar-refractivity contribution in [2.75, 3.05) is 26.4 Å². The predicted octanol–water partition coefficient (Wildman–Crippen LogP) is 4.24. The van der Waals surface area contributed by atoms with Gasteiger partial charge in [0.1, 0.15) is 24.6 Å². The second-order valence-electron chi connectivity index (χ2n) is 9.50. The Morgan fingerprint density at radius 2 is 1.76 bits per heavy atom. The van der Waals surface area contributed by atoms with Crippen LogP contribution in [-0.2, 0) is 19.0 Å². The third kappa shape index (κ3) is 4.47. The van der Waals surface area contributed by atoms with E-state index in [0.29, 0.717) is 19.8 Å². The van der Waals surface area contributed by atoms with Crippen molar-refractivity contribution in [3.8, 4) is 5.75 Å². The van der Waals surface area contributed by atoms with Crippen LogP contribution in [0, 0.1) is 0 Å². The summed E-state index contributed by atoms with van der Waals surface area (Å²) in [5, 5.41) is 2.20. The van der Waals surface area contributed by atoms with Crippen molar-refractivity contribution in [1.29, 1.82) is 0 Å². The van der Waals surface area contributed by atoms with Crippen molar-refractivity contribution < 1.29 is 23.8 Å². The molecule has 0 radical (unpaired) electrons. The fraction of sp³-hybridized carbons (Fsp3) is 0.739. The lowest BCUT2D eigenvalue weighted by Crippen LogP contribution is -2.66. The first-order valence-electron chi connectivity index (χ1n) is 10.8. The summed E-state index contributed by atoms with van der Waals surface area (Å²) in [6.07, 6.45) is 2.75. The van der Waals surface area contributed by atoms with Crippen LogP contribution >= 0.6 is 0 Å². The van der Waals surface area contributed by atoms with Crippen molar-refractivity contribution in [1.82, 2.24) is 5.06 Å². The van der Waals surface area contributed by atoms with Gasteiger partial charge in [-0.2, -0.15) is 5.06 Å². The zero-order valence-electron chi connectivity index (χ0n) is 18.4. The molecule has 1 aromatic carbocycles. The minimum atomic E-state index is -0.485. The molecule has 162 valence electrons. The number of hydrogen-bond acceptors (Lipinski definition) is 6. The molecule has 3 aliphatic rings. The number of piperidine rings is 1. The van der Waals surface area contributed by atoms with Crippen LogP contribution in [0.2, 0.25) is 0 Å². The summed E-state index contributed by atoms with van der Waals surface area (Å²) in [6, 6.07) is 8.18. The molecule has 29 heavy (non-hydrogen) atoms. The molecule has 3 heterocycles. The van der Waals surface area contributed by atoms with E-state index in [2.05, 4.69) is 51.8 Å². The Morgan fingerprint density at radius 3 is 2.34 bits per heavy atom. The highest BCUT2D eigenvalue weighted by molar-refractivity contribution is 5.28. The number of nitrogens with zero attached hydrogens (tertiary/aromatic N) is 1. The molecule has 0 saturated carbocycles. The van der Waals surface area contributed by atoms with Crippen LogP contribution in [0.1, 0.15) is 65.5 Å². The molecule has 0 N–H and O–H groups in total. The largest absolute Gasteiger partial charge is 0.491 e. The first kappa shape index (κ1) is 21.1. The molecule has 3 unspecified atom stereocenters. The Bertz CT molecular complexity index is 696. The Hall–Kier alpha value is -1.18. The van der Waals surface area contributed by atoms with E-state index in [0.717, 1.165) is 37.2 Å². The number of benzene rings is 1. The lowest BCUT2D eigenvalue weighted by molar-refractivity contribution is -0.353. The summed E-state index contributed by atoms with van der Waals surface area (Å²) < 4.78 is 23.1. The van der Waals surface area contributed by atoms with E-state index < -0.39 is 5.79 Å². The third-order valence-corrected chi connectivity index (χ3v) is 6.42. The minimum absolute atomic E-state index is 0.0690. The zero-order valence-corrected chi connectivity index (χ0v) is 18.4. The normalized spacial score (nSPS) is 31.7. The van der Waals surface area contributed by atoms with Gasteiger partial charge in [0.15, 0.2) is 5.79 Å². The second-order valence-corrected chi connectivity index (χ2v) is 9.50. The molecule has 0 aliphatic carbocycles.